The van der Waals surface area contributed by atoms with E-state index in [1.807, 2.05) is 0 Å². The van der Waals surface area contributed by atoms with Gasteiger partial charge >= 0.3 is 0 Å². The van der Waals surface area contributed by atoms with Crippen molar-refractivity contribution in [2.75, 3.05) is 18.8 Å². The fraction of sp³-hybridized carbons (Fsp3) is 0.538. The quantitative estimate of drug-likeness (QED) is 0.782. The predicted molar refractivity (Wildman–Crippen MR) is 80.8 cm³/mol. The van der Waals surface area contributed by atoms with Gasteiger partial charge in [-0.25, -0.2) is 8.42 Å². The summed E-state index contributed by atoms with van der Waals surface area (Å²) in [6, 6.07) is 4.40. The average Bonchev–Trinajstić information content (AvgIpc) is 2.31. The molecule has 1 N–H and O–H groups in total. The molecule has 0 saturated carbocycles. The third kappa shape index (κ3) is 5.69. The molecule has 1 aromatic rings. The highest BCUT2D eigenvalue weighted by Gasteiger charge is 2.15. The van der Waals surface area contributed by atoms with Crippen LogP contribution < -0.4 is 5.32 Å². The summed E-state index contributed by atoms with van der Waals surface area (Å²) in [6.07, 6.45) is 0.579. The van der Waals surface area contributed by atoms with Crippen molar-refractivity contribution in [3.05, 3.63) is 28.2 Å². The summed E-state index contributed by atoms with van der Waals surface area (Å²) >= 11 is 11.6. The lowest BCUT2D eigenvalue weighted by Gasteiger charge is -2.08. The van der Waals surface area contributed by atoms with Crippen LogP contribution in [0, 0.1) is 5.92 Å². The second-order valence-electron chi connectivity index (χ2n) is 4.85. The van der Waals surface area contributed by atoms with Crippen LogP contribution >= 0.6 is 23.2 Å². The van der Waals surface area contributed by atoms with Gasteiger partial charge < -0.3 is 5.32 Å². The summed E-state index contributed by atoms with van der Waals surface area (Å²) in [5.74, 6) is 0.669. The Morgan fingerprint density at radius 1 is 1.21 bits per heavy atom. The Balaban J connectivity index is 2.54. The lowest BCUT2D eigenvalue weighted by Crippen LogP contribution is -2.22. The van der Waals surface area contributed by atoms with Crippen molar-refractivity contribution in [3.63, 3.8) is 0 Å². The summed E-state index contributed by atoms with van der Waals surface area (Å²) < 4.78 is 24.1. The van der Waals surface area contributed by atoms with Gasteiger partial charge in [-0.2, -0.15) is 0 Å². The van der Waals surface area contributed by atoms with Crippen molar-refractivity contribution < 1.29 is 8.42 Å². The Bertz CT molecular complexity index is 515. The molecule has 0 aliphatic rings. The molecule has 0 aromatic heterocycles. The lowest BCUT2D eigenvalue weighted by molar-refractivity contribution is 0.546. The second kappa shape index (κ2) is 7.48. The molecule has 0 atom stereocenters. The fourth-order valence-electron chi connectivity index (χ4n) is 1.57. The van der Waals surface area contributed by atoms with Gasteiger partial charge in [0.2, 0.25) is 0 Å². The highest BCUT2D eigenvalue weighted by molar-refractivity contribution is 7.91. The minimum Gasteiger partial charge on any atom is -0.316 e. The first-order valence-electron chi connectivity index (χ1n) is 6.21. The fourth-order valence-corrected chi connectivity index (χ4v) is 3.26. The van der Waals surface area contributed by atoms with E-state index in [1.54, 1.807) is 0 Å². The predicted octanol–water partition coefficient (Wildman–Crippen LogP) is 3.40. The number of nitrogens with one attached hydrogen (secondary N) is 1. The maximum Gasteiger partial charge on any atom is 0.178 e. The van der Waals surface area contributed by atoms with Gasteiger partial charge in [0.25, 0.3) is 0 Å². The first kappa shape index (κ1) is 16.8. The largest absolute Gasteiger partial charge is 0.316 e. The summed E-state index contributed by atoms with van der Waals surface area (Å²) in [5.41, 5.74) is 0. The standard InChI is InChI=1S/C13H19Cl2NO2S/c1-10(2)9-16-6-3-7-19(17,18)11-4-5-12(14)13(15)8-11/h4-5,8,10,16H,3,6-7,9H2,1-2H3. The van der Waals surface area contributed by atoms with E-state index in [1.165, 1.54) is 18.2 Å². The zero-order valence-electron chi connectivity index (χ0n) is 11.1. The van der Waals surface area contributed by atoms with Crippen LogP contribution in [0.15, 0.2) is 23.1 Å². The minimum atomic E-state index is -3.28. The number of halogens is 2. The highest BCUT2D eigenvalue weighted by atomic mass is 35.5. The van der Waals surface area contributed by atoms with E-state index >= 15 is 0 Å². The summed E-state index contributed by atoms with van der Waals surface area (Å²) in [6.45, 7) is 5.81. The number of sulfone groups is 1. The van der Waals surface area contributed by atoms with Crippen molar-refractivity contribution >= 4 is 33.0 Å². The maximum atomic E-state index is 12.1. The molecule has 0 unspecified atom stereocenters. The van der Waals surface area contributed by atoms with Crippen molar-refractivity contribution in [2.24, 2.45) is 5.92 Å². The molecule has 1 aromatic carbocycles. The molecule has 0 aliphatic carbocycles. The smallest absolute Gasteiger partial charge is 0.178 e. The van der Waals surface area contributed by atoms with Gasteiger partial charge in [0.05, 0.1) is 20.7 Å². The van der Waals surface area contributed by atoms with Crippen LogP contribution in [0.25, 0.3) is 0 Å². The molecule has 0 aliphatic heterocycles. The number of hydrogen-bond donors (Lipinski definition) is 1. The van der Waals surface area contributed by atoms with Gasteiger partial charge in [-0.05, 0) is 43.6 Å². The average molecular weight is 324 g/mol. The topological polar surface area (TPSA) is 46.2 Å². The Morgan fingerprint density at radius 3 is 2.47 bits per heavy atom. The minimum absolute atomic E-state index is 0.107. The molecule has 0 saturated heterocycles. The van der Waals surface area contributed by atoms with Crippen molar-refractivity contribution in [1.29, 1.82) is 0 Å². The van der Waals surface area contributed by atoms with Crippen molar-refractivity contribution in [3.8, 4) is 0 Å². The van der Waals surface area contributed by atoms with Crippen LogP contribution in [0.2, 0.25) is 10.0 Å². The second-order valence-corrected chi connectivity index (χ2v) is 7.77. The van der Waals surface area contributed by atoms with Crippen molar-refractivity contribution in [1.82, 2.24) is 5.32 Å². The van der Waals surface area contributed by atoms with Gasteiger partial charge in [-0.3, -0.25) is 0 Å². The molecular formula is C13H19Cl2NO2S. The van der Waals surface area contributed by atoms with Gasteiger partial charge in [-0.15, -0.1) is 0 Å². The number of benzene rings is 1. The monoisotopic (exact) mass is 323 g/mol. The molecule has 19 heavy (non-hydrogen) atoms. The summed E-state index contributed by atoms with van der Waals surface area (Å²) in [5, 5.41) is 3.84. The van der Waals surface area contributed by atoms with Gasteiger partial charge in [0.15, 0.2) is 9.84 Å². The molecule has 0 heterocycles. The molecule has 0 spiro atoms. The normalized spacial score (nSPS) is 12.1. The van der Waals surface area contributed by atoms with Crippen LogP contribution in [-0.2, 0) is 9.84 Å². The Hall–Kier alpha value is -0.290. The molecule has 3 nitrogen and oxygen atoms in total. The molecule has 108 valence electrons. The summed E-state index contributed by atoms with van der Waals surface area (Å²) in [4.78, 5) is 0.228. The Kier molecular flexibility index (Phi) is 6.60. The van der Waals surface area contributed by atoms with Gasteiger partial charge in [0.1, 0.15) is 0 Å². The molecule has 0 amide bonds. The van der Waals surface area contributed by atoms with Crippen LogP contribution in [0.1, 0.15) is 20.3 Å². The van der Waals surface area contributed by atoms with E-state index in [4.69, 9.17) is 23.2 Å². The zero-order valence-corrected chi connectivity index (χ0v) is 13.4. The molecule has 0 bridgehead atoms. The van der Waals surface area contributed by atoms with Crippen LogP contribution in [-0.4, -0.2) is 27.3 Å². The third-order valence-electron chi connectivity index (χ3n) is 2.57. The summed E-state index contributed by atoms with van der Waals surface area (Å²) in [7, 11) is -3.28. The van der Waals surface area contributed by atoms with Gasteiger partial charge in [0, 0.05) is 0 Å². The maximum absolute atomic E-state index is 12.1. The zero-order chi connectivity index (χ0) is 14.5. The molecule has 6 heteroatoms. The number of hydrogen-bond acceptors (Lipinski definition) is 3. The highest BCUT2D eigenvalue weighted by Crippen LogP contribution is 2.25. The third-order valence-corrected chi connectivity index (χ3v) is 5.11. The van der Waals surface area contributed by atoms with E-state index in [-0.39, 0.29) is 15.7 Å². The molecular weight excluding hydrogens is 305 g/mol. The van der Waals surface area contributed by atoms with E-state index in [0.717, 1.165) is 6.54 Å². The first-order valence-corrected chi connectivity index (χ1v) is 8.62. The molecule has 1 rings (SSSR count). The van der Waals surface area contributed by atoms with Gasteiger partial charge in [-0.1, -0.05) is 37.0 Å². The molecule has 0 fully saturated rings. The lowest BCUT2D eigenvalue weighted by atomic mass is 10.2. The van der Waals surface area contributed by atoms with E-state index in [9.17, 15) is 8.42 Å². The first-order chi connectivity index (χ1) is 8.83. The molecule has 0 radical (unpaired) electrons. The van der Waals surface area contributed by atoms with E-state index in [0.29, 0.717) is 23.9 Å². The van der Waals surface area contributed by atoms with E-state index < -0.39 is 9.84 Å². The SMILES string of the molecule is CC(C)CNCCCS(=O)(=O)c1ccc(Cl)c(Cl)c1. The number of rotatable bonds is 7. The Labute approximate surface area is 125 Å². The van der Waals surface area contributed by atoms with Crippen LogP contribution in [0.5, 0.6) is 0 Å². The van der Waals surface area contributed by atoms with Crippen LogP contribution in [0.3, 0.4) is 0 Å². The van der Waals surface area contributed by atoms with E-state index in [2.05, 4.69) is 19.2 Å². The van der Waals surface area contributed by atoms with Crippen molar-refractivity contribution in [2.45, 2.75) is 25.2 Å². The van der Waals surface area contributed by atoms with Crippen LogP contribution in [0.4, 0.5) is 0 Å². The Morgan fingerprint density at radius 2 is 1.89 bits per heavy atom.